The van der Waals surface area contributed by atoms with Crippen LogP contribution >= 0.6 is 11.6 Å². The SMILES string of the molecule is CC(C)c1[nH]c(=O)c(-c2cc(Cl)ccc2F)cc1Nc1ccnc(Nc2ncc[nH]2)c1. The Kier molecular flexibility index (Phi) is 5.73. The highest BCUT2D eigenvalue weighted by atomic mass is 35.5. The lowest BCUT2D eigenvalue weighted by Gasteiger charge is -2.17. The molecule has 0 bridgehead atoms. The van der Waals surface area contributed by atoms with Gasteiger partial charge in [0.1, 0.15) is 11.6 Å². The fourth-order valence-electron chi connectivity index (χ4n) is 3.19. The molecule has 3 aromatic heterocycles. The van der Waals surface area contributed by atoms with Crippen molar-refractivity contribution < 1.29 is 4.39 Å². The van der Waals surface area contributed by atoms with Crippen LogP contribution in [0.25, 0.3) is 11.1 Å². The zero-order valence-corrected chi connectivity index (χ0v) is 17.6. The molecule has 31 heavy (non-hydrogen) atoms. The lowest BCUT2D eigenvalue weighted by atomic mass is 10.0. The number of pyridine rings is 2. The maximum atomic E-state index is 14.4. The number of hydrogen-bond donors (Lipinski definition) is 4. The number of aromatic amines is 2. The van der Waals surface area contributed by atoms with E-state index >= 15 is 0 Å². The fraction of sp³-hybridized carbons (Fsp3) is 0.136. The van der Waals surface area contributed by atoms with Crippen molar-refractivity contribution in [2.24, 2.45) is 0 Å². The van der Waals surface area contributed by atoms with Crippen molar-refractivity contribution in [1.29, 1.82) is 0 Å². The van der Waals surface area contributed by atoms with Crippen LogP contribution in [-0.4, -0.2) is 19.9 Å². The average molecular weight is 439 g/mol. The maximum absolute atomic E-state index is 14.4. The van der Waals surface area contributed by atoms with Crippen LogP contribution in [-0.2, 0) is 0 Å². The van der Waals surface area contributed by atoms with Gasteiger partial charge in [-0.25, -0.2) is 14.4 Å². The maximum Gasteiger partial charge on any atom is 0.256 e. The Morgan fingerprint density at radius 3 is 2.61 bits per heavy atom. The Morgan fingerprint density at radius 2 is 1.87 bits per heavy atom. The Bertz CT molecular complexity index is 1270. The standard InChI is InChI=1S/C22H20ClFN6O/c1-12(2)20-18(11-16(21(31)30-20)15-9-13(23)3-4-17(15)24)28-14-5-6-25-19(10-14)29-22-26-7-8-27-22/h3-12H,1-2H3,(H,30,31)(H3,25,26,27,28,29). The van der Waals surface area contributed by atoms with Gasteiger partial charge in [-0.15, -0.1) is 0 Å². The highest BCUT2D eigenvalue weighted by molar-refractivity contribution is 6.30. The van der Waals surface area contributed by atoms with E-state index in [1.165, 1.54) is 18.2 Å². The van der Waals surface area contributed by atoms with Gasteiger partial charge in [0.15, 0.2) is 0 Å². The molecule has 0 atom stereocenters. The highest BCUT2D eigenvalue weighted by Gasteiger charge is 2.16. The van der Waals surface area contributed by atoms with Gasteiger partial charge in [0.05, 0.1) is 11.3 Å². The Labute approximate surface area is 182 Å². The molecule has 0 unspecified atom stereocenters. The van der Waals surface area contributed by atoms with Crippen molar-refractivity contribution in [2.45, 2.75) is 19.8 Å². The molecule has 4 rings (SSSR count). The van der Waals surface area contributed by atoms with E-state index in [1.54, 1.807) is 36.8 Å². The molecule has 0 aliphatic heterocycles. The van der Waals surface area contributed by atoms with E-state index in [0.29, 0.717) is 28.2 Å². The summed E-state index contributed by atoms with van der Waals surface area (Å²) in [6.07, 6.45) is 4.98. The number of halogens is 2. The molecule has 3 heterocycles. The molecule has 158 valence electrons. The van der Waals surface area contributed by atoms with Gasteiger partial charge in [-0.3, -0.25) is 4.79 Å². The number of benzene rings is 1. The summed E-state index contributed by atoms with van der Waals surface area (Å²) in [5.74, 6) is 0.648. The van der Waals surface area contributed by atoms with Gasteiger partial charge in [-0.2, -0.15) is 0 Å². The molecular weight excluding hydrogens is 419 g/mol. The first-order valence-electron chi connectivity index (χ1n) is 9.63. The molecular formula is C22H20ClFN6O. The van der Waals surface area contributed by atoms with Gasteiger partial charge in [0.2, 0.25) is 5.95 Å². The van der Waals surface area contributed by atoms with Gasteiger partial charge in [0.25, 0.3) is 5.56 Å². The van der Waals surface area contributed by atoms with Crippen LogP contribution in [0.3, 0.4) is 0 Å². The number of aromatic nitrogens is 4. The van der Waals surface area contributed by atoms with Gasteiger partial charge >= 0.3 is 0 Å². The van der Waals surface area contributed by atoms with E-state index in [2.05, 4.69) is 30.6 Å². The van der Waals surface area contributed by atoms with Crippen LogP contribution in [0.15, 0.2) is 59.8 Å². The van der Waals surface area contributed by atoms with Crippen LogP contribution < -0.4 is 16.2 Å². The molecule has 0 aliphatic rings. The molecule has 4 aromatic rings. The number of anilines is 4. The minimum absolute atomic E-state index is 0.0241. The van der Waals surface area contributed by atoms with Gasteiger partial charge in [0, 0.05) is 46.6 Å². The van der Waals surface area contributed by atoms with E-state index in [0.717, 1.165) is 5.69 Å². The van der Waals surface area contributed by atoms with Crippen molar-refractivity contribution >= 4 is 34.7 Å². The number of H-pyrrole nitrogens is 2. The number of nitrogens with zero attached hydrogens (tertiary/aromatic N) is 2. The van der Waals surface area contributed by atoms with Crippen molar-refractivity contribution in [3.63, 3.8) is 0 Å². The molecule has 0 amide bonds. The molecule has 9 heteroatoms. The summed E-state index contributed by atoms with van der Waals surface area (Å²) in [6, 6.07) is 9.37. The summed E-state index contributed by atoms with van der Waals surface area (Å²) in [7, 11) is 0. The molecule has 7 nitrogen and oxygen atoms in total. The zero-order valence-electron chi connectivity index (χ0n) is 16.8. The smallest absolute Gasteiger partial charge is 0.256 e. The summed E-state index contributed by atoms with van der Waals surface area (Å²) in [5, 5.41) is 6.72. The minimum Gasteiger partial charge on any atom is -0.354 e. The average Bonchev–Trinajstić information content (AvgIpc) is 3.24. The second-order valence-corrected chi connectivity index (χ2v) is 7.67. The monoisotopic (exact) mass is 438 g/mol. The Balaban J connectivity index is 1.74. The quantitative estimate of drug-likeness (QED) is 0.316. The van der Waals surface area contributed by atoms with E-state index in [4.69, 9.17) is 11.6 Å². The molecule has 0 saturated carbocycles. The molecule has 0 fully saturated rings. The van der Waals surface area contributed by atoms with Crippen LogP contribution in [0, 0.1) is 5.82 Å². The molecule has 0 saturated heterocycles. The van der Waals surface area contributed by atoms with Crippen LogP contribution in [0.5, 0.6) is 0 Å². The van der Waals surface area contributed by atoms with Crippen molar-refractivity contribution in [1.82, 2.24) is 19.9 Å². The van der Waals surface area contributed by atoms with E-state index in [1.807, 2.05) is 13.8 Å². The van der Waals surface area contributed by atoms with E-state index in [-0.39, 0.29) is 22.6 Å². The predicted octanol–water partition coefficient (Wildman–Crippen LogP) is 5.56. The number of nitrogens with one attached hydrogen (secondary N) is 4. The van der Waals surface area contributed by atoms with E-state index < -0.39 is 5.82 Å². The third-order valence-electron chi connectivity index (χ3n) is 4.65. The molecule has 0 spiro atoms. The number of rotatable bonds is 6. The number of hydrogen-bond acceptors (Lipinski definition) is 5. The topological polar surface area (TPSA) is 98.5 Å². The Morgan fingerprint density at radius 1 is 1.03 bits per heavy atom. The molecule has 1 aromatic carbocycles. The fourth-order valence-corrected chi connectivity index (χ4v) is 3.37. The zero-order chi connectivity index (χ0) is 22.0. The largest absolute Gasteiger partial charge is 0.354 e. The molecule has 0 radical (unpaired) electrons. The third kappa shape index (κ3) is 4.59. The van der Waals surface area contributed by atoms with Crippen molar-refractivity contribution in [3.8, 4) is 11.1 Å². The second-order valence-electron chi connectivity index (χ2n) is 7.24. The normalized spacial score (nSPS) is 11.0. The van der Waals surface area contributed by atoms with Crippen LogP contribution in [0.4, 0.5) is 27.5 Å². The number of imidazole rings is 1. The Hall–Kier alpha value is -3.65. The summed E-state index contributed by atoms with van der Waals surface area (Å²) in [6.45, 7) is 3.93. The lowest BCUT2D eigenvalue weighted by Crippen LogP contribution is -2.15. The third-order valence-corrected chi connectivity index (χ3v) is 4.89. The van der Waals surface area contributed by atoms with Gasteiger partial charge in [-0.1, -0.05) is 25.4 Å². The van der Waals surface area contributed by atoms with Crippen molar-refractivity contribution in [3.05, 3.63) is 81.9 Å². The summed E-state index contributed by atoms with van der Waals surface area (Å²) in [4.78, 5) is 27.0. The first-order valence-corrected chi connectivity index (χ1v) is 10.0. The highest BCUT2D eigenvalue weighted by Crippen LogP contribution is 2.31. The van der Waals surface area contributed by atoms with Gasteiger partial charge < -0.3 is 20.6 Å². The first-order chi connectivity index (χ1) is 14.9. The van der Waals surface area contributed by atoms with Gasteiger partial charge in [-0.05, 0) is 36.2 Å². The van der Waals surface area contributed by atoms with Crippen LogP contribution in [0.1, 0.15) is 25.5 Å². The molecule has 0 aliphatic carbocycles. The summed E-state index contributed by atoms with van der Waals surface area (Å²) < 4.78 is 14.4. The first kappa shape index (κ1) is 20.6. The second kappa shape index (κ2) is 8.61. The molecule has 4 N–H and O–H groups in total. The van der Waals surface area contributed by atoms with Crippen LogP contribution in [0.2, 0.25) is 5.02 Å². The lowest BCUT2D eigenvalue weighted by molar-refractivity contribution is 0.631. The summed E-state index contributed by atoms with van der Waals surface area (Å²) in [5.41, 5.74) is 2.03. The predicted molar refractivity (Wildman–Crippen MR) is 121 cm³/mol. The minimum atomic E-state index is -0.521. The van der Waals surface area contributed by atoms with E-state index in [9.17, 15) is 9.18 Å². The summed E-state index contributed by atoms with van der Waals surface area (Å²) >= 11 is 6.03. The van der Waals surface area contributed by atoms with Crippen molar-refractivity contribution in [2.75, 3.05) is 10.6 Å².